The van der Waals surface area contributed by atoms with E-state index in [1.165, 1.54) is 11.1 Å². The van der Waals surface area contributed by atoms with Crippen LogP contribution in [0.4, 0.5) is 0 Å². The number of hydrogen-bond donors (Lipinski definition) is 1. The molecule has 1 saturated heterocycles. The Hall–Kier alpha value is -1.35. The molecule has 1 aromatic carbocycles. The number of nitrogens with two attached hydrogens (primary N) is 1. The normalized spacial score (nSPS) is 27.3. The highest BCUT2D eigenvalue weighted by Crippen LogP contribution is 2.39. The third kappa shape index (κ3) is 2.67. The monoisotopic (exact) mass is 300 g/mol. The SMILES string of the molecule is CC(N)C1CCN(C(=O)C2(C)CCCc3ccccc32)CC1. The molecular weight excluding hydrogens is 272 g/mol. The summed E-state index contributed by atoms with van der Waals surface area (Å²) < 4.78 is 0. The topological polar surface area (TPSA) is 46.3 Å². The molecule has 0 radical (unpaired) electrons. The summed E-state index contributed by atoms with van der Waals surface area (Å²) in [5, 5.41) is 0. The van der Waals surface area contributed by atoms with Crippen molar-refractivity contribution in [3.8, 4) is 0 Å². The van der Waals surface area contributed by atoms with E-state index in [1.807, 2.05) is 0 Å². The van der Waals surface area contributed by atoms with Gasteiger partial charge in [0.2, 0.25) is 5.91 Å². The first-order valence-electron chi connectivity index (χ1n) is 8.66. The fraction of sp³-hybridized carbons (Fsp3) is 0.632. The van der Waals surface area contributed by atoms with Crippen LogP contribution in [0.2, 0.25) is 0 Å². The van der Waals surface area contributed by atoms with Crippen LogP contribution in [0.15, 0.2) is 24.3 Å². The summed E-state index contributed by atoms with van der Waals surface area (Å²) in [6, 6.07) is 8.73. The van der Waals surface area contributed by atoms with E-state index in [4.69, 9.17) is 5.73 Å². The molecule has 2 N–H and O–H groups in total. The highest BCUT2D eigenvalue weighted by molar-refractivity contribution is 5.88. The average Bonchev–Trinajstić information content (AvgIpc) is 2.55. The number of benzene rings is 1. The van der Waals surface area contributed by atoms with Gasteiger partial charge in [0.1, 0.15) is 0 Å². The van der Waals surface area contributed by atoms with Crippen LogP contribution < -0.4 is 5.73 Å². The van der Waals surface area contributed by atoms with E-state index in [-0.39, 0.29) is 11.5 Å². The molecule has 1 aliphatic carbocycles. The molecule has 1 heterocycles. The van der Waals surface area contributed by atoms with Gasteiger partial charge in [0.05, 0.1) is 5.41 Å². The lowest BCUT2D eigenvalue weighted by molar-refractivity contribution is -0.139. The molecule has 3 nitrogen and oxygen atoms in total. The van der Waals surface area contributed by atoms with Crippen molar-refractivity contribution < 1.29 is 4.79 Å². The predicted molar refractivity (Wildman–Crippen MR) is 89.7 cm³/mol. The molecule has 2 atom stereocenters. The van der Waals surface area contributed by atoms with Crippen LogP contribution in [0, 0.1) is 5.92 Å². The van der Waals surface area contributed by atoms with Crippen LogP contribution in [-0.4, -0.2) is 29.9 Å². The molecule has 0 bridgehead atoms. The minimum Gasteiger partial charge on any atom is -0.342 e. The van der Waals surface area contributed by atoms with Crippen LogP contribution >= 0.6 is 0 Å². The molecule has 0 spiro atoms. The molecule has 1 amide bonds. The van der Waals surface area contributed by atoms with E-state index < -0.39 is 0 Å². The number of piperidine rings is 1. The van der Waals surface area contributed by atoms with Crippen LogP contribution in [0.5, 0.6) is 0 Å². The van der Waals surface area contributed by atoms with E-state index in [0.717, 1.165) is 45.2 Å². The second kappa shape index (κ2) is 6.04. The molecule has 3 heteroatoms. The molecule has 2 unspecified atom stereocenters. The zero-order valence-corrected chi connectivity index (χ0v) is 13.8. The highest BCUT2D eigenvalue weighted by atomic mass is 16.2. The molecule has 120 valence electrons. The molecule has 0 saturated carbocycles. The molecule has 1 aliphatic heterocycles. The van der Waals surface area contributed by atoms with E-state index >= 15 is 0 Å². The van der Waals surface area contributed by atoms with Crippen LogP contribution in [0.25, 0.3) is 0 Å². The maximum absolute atomic E-state index is 13.2. The lowest BCUT2D eigenvalue weighted by Gasteiger charge is -2.41. The number of carbonyl (C=O) groups excluding carboxylic acids is 1. The first-order chi connectivity index (χ1) is 10.5. The standard InChI is InChI=1S/C19H28N2O/c1-14(20)15-9-12-21(13-10-15)18(22)19(2)11-5-7-16-6-3-4-8-17(16)19/h3-4,6,8,14-15H,5,7,9-13,20H2,1-2H3. The molecular formula is C19H28N2O. The second-order valence-electron chi connectivity index (χ2n) is 7.33. The van der Waals surface area contributed by atoms with Crippen molar-refractivity contribution >= 4 is 5.91 Å². The smallest absolute Gasteiger partial charge is 0.232 e. The first kappa shape index (κ1) is 15.5. The third-order valence-electron chi connectivity index (χ3n) is 5.78. The third-order valence-corrected chi connectivity index (χ3v) is 5.78. The molecule has 2 aliphatic rings. The van der Waals surface area contributed by atoms with Crippen molar-refractivity contribution in [1.29, 1.82) is 0 Å². The number of nitrogens with zero attached hydrogens (tertiary/aromatic N) is 1. The van der Waals surface area contributed by atoms with Crippen molar-refractivity contribution in [3.63, 3.8) is 0 Å². The lowest BCUT2D eigenvalue weighted by Crippen LogP contribution is -2.50. The fourth-order valence-corrected chi connectivity index (χ4v) is 4.24. The largest absolute Gasteiger partial charge is 0.342 e. The van der Waals surface area contributed by atoms with Crippen LogP contribution in [0.1, 0.15) is 50.7 Å². The van der Waals surface area contributed by atoms with Gasteiger partial charge in [-0.25, -0.2) is 0 Å². The molecule has 1 aromatic rings. The van der Waals surface area contributed by atoms with Gasteiger partial charge in [-0.2, -0.15) is 0 Å². The van der Waals surface area contributed by atoms with E-state index in [1.54, 1.807) is 0 Å². The zero-order chi connectivity index (χ0) is 15.7. The Morgan fingerprint density at radius 1 is 1.32 bits per heavy atom. The summed E-state index contributed by atoms with van der Waals surface area (Å²) in [6.07, 6.45) is 5.26. The second-order valence-corrected chi connectivity index (χ2v) is 7.33. The number of rotatable bonds is 2. The van der Waals surface area contributed by atoms with Gasteiger partial charge in [-0.05, 0) is 63.0 Å². The Labute approximate surface area is 133 Å². The Bertz CT molecular complexity index is 546. The van der Waals surface area contributed by atoms with Crippen LogP contribution in [-0.2, 0) is 16.6 Å². The highest BCUT2D eigenvalue weighted by Gasteiger charge is 2.42. The Balaban J connectivity index is 1.78. The van der Waals surface area contributed by atoms with Crippen molar-refractivity contribution in [2.75, 3.05) is 13.1 Å². The maximum Gasteiger partial charge on any atom is 0.232 e. The summed E-state index contributed by atoms with van der Waals surface area (Å²) >= 11 is 0. The van der Waals surface area contributed by atoms with Gasteiger partial charge in [-0.1, -0.05) is 24.3 Å². The molecule has 0 aromatic heterocycles. The maximum atomic E-state index is 13.2. The van der Waals surface area contributed by atoms with Crippen molar-refractivity contribution in [3.05, 3.63) is 35.4 Å². The molecule has 22 heavy (non-hydrogen) atoms. The van der Waals surface area contributed by atoms with E-state index in [9.17, 15) is 4.79 Å². The molecule has 1 fully saturated rings. The average molecular weight is 300 g/mol. The number of aryl methyl sites for hydroxylation is 1. The summed E-state index contributed by atoms with van der Waals surface area (Å²) in [5.74, 6) is 0.887. The minimum atomic E-state index is -0.337. The quantitative estimate of drug-likeness (QED) is 0.913. The first-order valence-corrected chi connectivity index (χ1v) is 8.66. The number of fused-ring (bicyclic) bond motifs is 1. The Morgan fingerprint density at radius 3 is 2.68 bits per heavy atom. The minimum absolute atomic E-state index is 0.239. The van der Waals surface area contributed by atoms with Gasteiger partial charge in [-0.3, -0.25) is 4.79 Å². The summed E-state index contributed by atoms with van der Waals surface area (Å²) in [5.41, 5.74) is 8.29. The number of amides is 1. The van der Waals surface area contributed by atoms with Gasteiger partial charge >= 0.3 is 0 Å². The van der Waals surface area contributed by atoms with Crippen LogP contribution in [0.3, 0.4) is 0 Å². The van der Waals surface area contributed by atoms with Gasteiger partial charge in [0.15, 0.2) is 0 Å². The molecule has 3 rings (SSSR count). The Kier molecular flexibility index (Phi) is 4.26. The zero-order valence-electron chi connectivity index (χ0n) is 13.8. The lowest BCUT2D eigenvalue weighted by atomic mass is 9.70. The number of hydrogen-bond acceptors (Lipinski definition) is 2. The van der Waals surface area contributed by atoms with Gasteiger partial charge in [0.25, 0.3) is 0 Å². The summed E-state index contributed by atoms with van der Waals surface area (Å²) in [4.78, 5) is 15.3. The summed E-state index contributed by atoms with van der Waals surface area (Å²) in [6.45, 7) is 5.96. The van der Waals surface area contributed by atoms with Gasteiger partial charge in [-0.15, -0.1) is 0 Å². The summed E-state index contributed by atoms with van der Waals surface area (Å²) in [7, 11) is 0. The van der Waals surface area contributed by atoms with Crippen molar-refractivity contribution in [1.82, 2.24) is 4.90 Å². The Morgan fingerprint density at radius 2 is 2.00 bits per heavy atom. The number of likely N-dealkylation sites (tertiary alicyclic amines) is 1. The number of carbonyl (C=O) groups is 1. The van der Waals surface area contributed by atoms with E-state index in [0.29, 0.717) is 11.8 Å². The van der Waals surface area contributed by atoms with Gasteiger partial charge in [0, 0.05) is 19.1 Å². The van der Waals surface area contributed by atoms with Crippen molar-refractivity contribution in [2.45, 2.75) is 57.4 Å². The predicted octanol–water partition coefficient (Wildman–Crippen LogP) is 2.87. The van der Waals surface area contributed by atoms with Gasteiger partial charge < -0.3 is 10.6 Å². The van der Waals surface area contributed by atoms with E-state index in [2.05, 4.69) is 43.0 Å². The van der Waals surface area contributed by atoms with Crippen molar-refractivity contribution in [2.24, 2.45) is 11.7 Å². The fourth-order valence-electron chi connectivity index (χ4n) is 4.24.